The van der Waals surface area contributed by atoms with Crippen LogP contribution in [0.2, 0.25) is 0 Å². The van der Waals surface area contributed by atoms with Gasteiger partial charge in [0, 0.05) is 5.39 Å². The number of rotatable bonds is 2. The van der Waals surface area contributed by atoms with E-state index >= 15 is 0 Å². The minimum absolute atomic E-state index is 0.0127. The second-order valence-corrected chi connectivity index (χ2v) is 3.06. The Kier molecular flexibility index (Phi) is 1.93. The summed E-state index contributed by atoms with van der Waals surface area (Å²) in [6.45, 7) is 0. The number of nitrogens with two attached hydrogens (primary N) is 2. The molecule has 5 heteroatoms. The van der Waals surface area contributed by atoms with Crippen LogP contribution in [0.3, 0.4) is 0 Å². The summed E-state index contributed by atoms with van der Waals surface area (Å²) >= 11 is 0. The lowest BCUT2D eigenvalue weighted by molar-refractivity contribution is 0.0969. The van der Waals surface area contributed by atoms with Crippen LogP contribution in [0, 0.1) is 0 Å². The SMILES string of the molecule is NC(=O)c1cc2cccc(C(N)=O)c2o1. The Morgan fingerprint density at radius 3 is 2.47 bits per heavy atom. The number of furan rings is 1. The highest BCUT2D eigenvalue weighted by Crippen LogP contribution is 2.22. The summed E-state index contributed by atoms with van der Waals surface area (Å²) < 4.78 is 5.15. The molecule has 5 nitrogen and oxygen atoms in total. The van der Waals surface area contributed by atoms with Crippen molar-refractivity contribution in [1.29, 1.82) is 0 Å². The Balaban J connectivity index is 2.75. The number of primary amides is 2. The highest BCUT2D eigenvalue weighted by atomic mass is 16.3. The Morgan fingerprint density at radius 1 is 1.13 bits per heavy atom. The Labute approximate surface area is 84.6 Å². The summed E-state index contributed by atoms with van der Waals surface area (Å²) in [6, 6.07) is 6.36. The molecule has 0 spiro atoms. The Hall–Kier alpha value is -2.30. The van der Waals surface area contributed by atoms with Crippen LogP contribution in [0.15, 0.2) is 28.7 Å². The highest BCUT2D eigenvalue weighted by Gasteiger charge is 2.13. The molecule has 0 aliphatic carbocycles. The van der Waals surface area contributed by atoms with E-state index in [0.29, 0.717) is 11.0 Å². The maximum atomic E-state index is 11.0. The average molecular weight is 204 g/mol. The molecule has 0 radical (unpaired) electrons. The van der Waals surface area contributed by atoms with Gasteiger partial charge in [-0.2, -0.15) is 0 Å². The van der Waals surface area contributed by atoms with E-state index in [2.05, 4.69) is 0 Å². The van der Waals surface area contributed by atoms with E-state index < -0.39 is 11.8 Å². The van der Waals surface area contributed by atoms with E-state index in [0.717, 1.165) is 0 Å². The number of amides is 2. The fourth-order valence-electron chi connectivity index (χ4n) is 1.38. The smallest absolute Gasteiger partial charge is 0.284 e. The molecule has 1 heterocycles. The fourth-order valence-corrected chi connectivity index (χ4v) is 1.38. The number of hydrogen-bond acceptors (Lipinski definition) is 3. The van der Waals surface area contributed by atoms with Crippen molar-refractivity contribution in [3.05, 3.63) is 35.6 Å². The minimum atomic E-state index is -0.679. The second kappa shape index (κ2) is 3.13. The van der Waals surface area contributed by atoms with Crippen LogP contribution >= 0.6 is 0 Å². The van der Waals surface area contributed by atoms with E-state index in [-0.39, 0.29) is 11.3 Å². The lowest BCUT2D eigenvalue weighted by Crippen LogP contribution is -2.11. The molecular formula is C10H8N2O3. The van der Waals surface area contributed by atoms with E-state index in [1.807, 2.05) is 0 Å². The van der Waals surface area contributed by atoms with Gasteiger partial charge in [-0.1, -0.05) is 12.1 Å². The van der Waals surface area contributed by atoms with Crippen LogP contribution in [-0.2, 0) is 0 Å². The largest absolute Gasteiger partial charge is 0.450 e. The monoisotopic (exact) mass is 204 g/mol. The van der Waals surface area contributed by atoms with Crippen LogP contribution in [-0.4, -0.2) is 11.8 Å². The van der Waals surface area contributed by atoms with Crippen molar-refractivity contribution in [2.24, 2.45) is 11.5 Å². The third-order valence-electron chi connectivity index (χ3n) is 2.05. The predicted octanol–water partition coefficient (Wildman–Crippen LogP) is 0.631. The van der Waals surface area contributed by atoms with Gasteiger partial charge in [-0.25, -0.2) is 0 Å². The zero-order valence-electron chi connectivity index (χ0n) is 7.69. The summed E-state index contributed by atoms with van der Waals surface area (Å²) in [4.78, 5) is 21.9. The van der Waals surface area contributed by atoms with Gasteiger partial charge in [0.15, 0.2) is 5.76 Å². The first-order valence-electron chi connectivity index (χ1n) is 4.22. The fraction of sp³-hybridized carbons (Fsp3) is 0. The number of hydrogen-bond donors (Lipinski definition) is 2. The standard InChI is InChI=1S/C10H8N2O3/c11-9(13)6-3-1-2-5-4-7(10(12)14)15-8(5)6/h1-4H,(H2,11,13)(H2,12,14). The first-order valence-corrected chi connectivity index (χ1v) is 4.22. The van der Waals surface area contributed by atoms with Crippen molar-refractivity contribution >= 4 is 22.8 Å². The topological polar surface area (TPSA) is 99.3 Å². The van der Waals surface area contributed by atoms with Crippen molar-refractivity contribution in [3.8, 4) is 0 Å². The molecule has 76 valence electrons. The molecule has 2 rings (SSSR count). The molecule has 15 heavy (non-hydrogen) atoms. The van der Waals surface area contributed by atoms with Crippen molar-refractivity contribution in [2.45, 2.75) is 0 Å². The van der Waals surface area contributed by atoms with Crippen LogP contribution in [0.4, 0.5) is 0 Å². The normalized spacial score (nSPS) is 10.4. The molecule has 0 atom stereocenters. The van der Waals surface area contributed by atoms with Crippen LogP contribution < -0.4 is 11.5 Å². The first-order chi connectivity index (χ1) is 7.09. The molecule has 0 unspecified atom stereocenters. The molecule has 0 fully saturated rings. The molecule has 2 aromatic rings. The van der Waals surface area contributed by atoms with E-state index in [4.69, 9.17) is 15.9 Å². The van der Waals surface area contributed by atoms with Gasteiger partial charge in [0.2, 0.25) is 0 Å². The molecule has 1 aromatic carbocycles. The molecule has 0 saturated carbocycles. The Bertz CT molecular complexity index is 557. The lowest BCUT2D eigenvalue weighted by Gasteiger charge is -1.95. The quantitative estimate of drug-likeness (QED) is 0.750. The average Bonchev–Trinajstić information content (AvgIpc) is 2.60. The third kappa shape index (κ3) is 1.43. The van der Waals surface area contributed by atoms with Gasteiger partial charge >= 0.3 is 0 Å². The second-order valence-electron chi connectivity index (χ2n) is 3.06. The molecule has 1 aromatic heterocycles. The molecule has 4 N–H and O–H groups in total. The van der Waals surface area contributed by atoms with Gasteiger partial charge in [-0.3, -0.25) is 9.59 Å². The number of para-hydroxylation sites is 1. The highest BCUT2D eigenvalue weighted by molar-refractivity contribution is 6.05. The third-order valence-corrected chi connectivity index (χ3v) is 2.05. The number of carbonyl (C=O) groups is 2. The number of fused-ring (bicyclic) bond motifs is 1. The molecular weight excluding hydrogens is 196 g/mol. The summed E-state index contributed by atoms with van der Waals surface area (Å²) in [6.07, 6.45) is 0. The van der Waals surface area contributed by atoms with Gasteiger partial charge in [0.25, 0.3) is 11.8 Å². The van der Waals surface area contributed by atoms with E-state index in [9.17, 15) is 9.59 Å². The van der Waals surface area contributed by atoms with Crippen molar-refractivity contribution in [3.63, 3.8) is 0 Å². The van der Waals surface area contributed by atoms with Crippen molar-refractivity contribution in [2.75, 3.05) is 0 Å². The molecule has 0 bridgehead atoms. The zero-order valence-corrected chi connectivity index (χ0v) is 7.69. The summed E-state index contributed by atoms with van der Waals surface area (Å²) in [7, 11) is 0. The van der Waals surface area contributed by atoms with Gasteiger partial charge in [0.1, 0.15) is 5.58 Å². The van der Waals surface area contributed by atoms with Crippen LogP contribution in [0.5, 0.6) is 0 Å². The van der Waals surface area contributed by atoms with Gasteiger partial charge in [-0.15, -0.1) is 0 Å². The minimum Gasteiger partial charge on any atom is -0.450 e. The molecule has 0 aliphatic rings. The Morgan fingerprint density at radius 2 is 1.87 bits per heavy atom. The van der Waals surface area contributed by atoms with E-state index in [1.165, 1.54) is 12.1 Å². The summed E-state index contributed by atoms with van der Waals surface area (Å²) in [5.41, 5.74) is 10.7. The van der Waals surface area contributed by atoms with E-state index in [1.54, 1.807) is 12.1 Å². The lowest BCUT2D eigenvalue weighted by atomic mass is 10.1. The maximum Gasteiger partial charge on any atom is 0.284 e. The van der Waals surface area contributed by atoms with Crippen molar-refractivity contribution in [1.82, 2.24) is 0 Å². The molecule has 0 aliphatic heterocycles. The first kappa shape index (κ1) is 9.26. The van der Waals surface area contributed by atoms with Crippen molar-refractivity contribution < 1.29 is 14.0 Å². The van der Waals surface area contributed by atoms with Crippen LogP contribution in [0.1, 0.15) is 20.9 Å². The molecule has 0 saturated heterocycles. The summed E-state index contributed by atoms with van der Waals surface area (Å²) in [5, 5.41) is 0.625. The van der Waals surface area contributed by atoms with Crippen LogP contribution in [0.25, 0.3) is 11.0 Å². The summed E-state index contributed by atoms with van der Waals surface area (Å²) in [5.74, 6) is -1.27. The number of benzene rings is 1. The zero-order chi connectivity index (χ0) is 11.0. The number of carbonyl (C=O) groups excluding carboxylic acids is 2. The molecule has 2 amide bonds. The maximum absolute atomic E-state index is 11.0. The van der Waals surface area contributed by atoms with Gasteiger partial charge < -0.3 is 15.9 Å². The predicted molar refractivity (Wildman–Crippen MR) is 53.2 cm³/mol. The van der Waals surface area contributed by atoms with Gasteiger partial charge in [-0.05, 0) is 12.1 Å². The van der Waals surface area contributed by atoms with Gasteiger partial charge in [0.05, 0.1) is 5.56 Å².